The van der Waals surface area contributed by atoms with Crippen molar-refractivity contribution >= 4 is 33.6 Å². The second-order valence-electron chi connectivity index (χ2n) is 12.2. The van der Waals surface area contributed by atoms with E-state index in [9.17, 15) is 0 Å². The van der Waals surface area contributed by atoms with Crippen molar-refractivity contribution in [3.8, 4) is 0 Å². The summed E-state index contributed by atoms with van der Waals surface area (Å²) in [4.78, 5) is 0. The fraction of sp³-hybridized carbons (Fsp3) is 0.205. The Labute approximate surface area is 243 Å². The predicted molar refractivity (Wildman–Crippen MR) is 175 cm³/mol. The van der Waals surface area contributed by atoms with E-state index in [4.69, 9.17) is 0 Å². The van der Waals surface area contributed by atoms with Crippen LogP contribution in [0.1, 0.15) is 76.4 Å². The monoisotopic (exact) mass is 536 g/mol. The lowest BCUT2D eigenvalue weighted by atomic mass is 9.70. The van der Waals surface area contributed by atoms with Gasteiger partial charge in [-0.1, -0.05) is 158 Å². The number of aryl methyl sites for hydroxylation is 4. The summed E-state index contributed by atoms with van der Waals surface area (Å²) in [5.74, 6) is 1.33. The fourth-order valence-electron chi connectivity index (χ4n) is 6.20. The highest BCUT2D eigenvalue weighted by Gasteiger charge is 2.26. The molecule has 0 fully saturated rings. The van der Waals surface area contributed by atoms with Gasteiger partial charge in [0.2, 0.25) is 16.7 Å². The van der Waals surface area contributed by atoms with E-state index in [-0.39, 0.29) is 5.41 Å². The van der Waals surface area contributed by atoms with Crippen molar-refractivity contribution in [2.75, 3.05) is 0 Å². The van der Waals surface area contributed by atoms with Gasteiger partial charge in [0, 0.05) is 16.9 Å². The molecule has 0 aromatic heterocycles. The van der Waals surface area contributed by atoms with Crippen molar-refractivity contribution in [1.82, 2.24) is 0 Å². The quantitative estimate of drug-likeness (QED) is 0.117. The van der Waals surface area contributed by atoms with Gasteiger partial charge < -0.3 is 0 Å². The topological polar surface area (TPSA) is 0 Å². The molecule has 0 nitrogen and oxygen atoms in total. The first-order valence-corrected chi connectivity index (χ1v) is 15.0. The molecule has 0 amide bonds. The van der Waals surface area contributed by atoms with E-state index < -0.39 is 0 Å². The standard InChI is InChI=1S/C39H36S/c1-24-18-29(28-16-17-40-23-28)19-25(2)35(24)22-36-31-12-8-10-14-33(31)38(34-15-11-9-13-32(34)36)37-26(3)20-30(21-27(37)4)39(5,6)7/h8-21,23H,1-7H3. The number of benzene rings is 4. The van der Waals surface area contributed by atoms with Crippen LogP contribution in [0.15, 0.2) is 84.3 Å². The lowest BCUT2D eigenvalue weighted by Crippen LogP contribution is -2.20. The van der Waals surface area contributed by atoms with E-state index in [0.717, 1.165) is 0 Å². The van der Waals surface area contributed by atoms with Gasteiger partial charge in [-0.05, 0) is 41.2 Å². The van der Waals surface area contributed by atoms with Gasteiger partial charge in [0.25, 0.3) is 0 Å². The van der Waals surface area contributed by atoms with Crippen LogP contribution in [0.3, 0.4) is 0 Å². The predicted octanol–water partition coefficient (Wildman–Crippen LogP) is 7.62. The van der Waals surface area contributed by atoms with Crippen LogP contribution in [0.2, 0.25) is 0 Å². The molecule has 4 aromatic rings. The van der Waals surface area contributed by atoms with Gasteiger partial charge in [0.15, 0.2) is 5.41 Å². The Morgan fingerprint density at radius 2 is 1.25 bits per heavy atom. The molecule has 40 heavy (non-hydrogen) atoms. The molecule has 0 spiro atoms. The summed E-state index contributed by atoms with van der Waals surface area (Å²) < 4.78 is 0. The molecule has 0 N–H and O–H groups in total. The minimum absolute atomic E-state index is 0.112. The Morgan fingerprint density at radius 1 is 0.700 bits per heavy atom. The summed E-state index contributed by atoms with van der Waals surface area (Å²) >= 11 is 1.74. The minimum atomic E-state index is 0.112. The Bertz CT molecular complexity index is 1780. The zero-order valence-electron chi connectivity index (χ0n) is 24.6. The van der Waals surface area contributed by atoms with Gasteiger partial charge in [-0.2, -0.15) is 0 Å². The second-order valence-corrected chi connectivity index (χ2v) is 13.0. The molecule has 1 heteroatoms. The first-order chi connectivity index (χ1) is 19.1. The van der Waals surface area contributed by atoms with E-state index >= 15 is 0 Å². The lowest BCUT2D eigenvalue weighted by Gasteiger charge is -2.38. The van der Waals surface area contributed by atoms with Gasteiger partial charge >= 0.3 is 0 Å². The fourth-order valence-corrected chi connectivity index (χ4v) is 6.87. The maximum Gasteiger partial charge on any atom is 0.212 e. The van der Waals surface area contributed by atoms with Crippen molar-refractivity contribution in [2.24, 2.45) is 0 Å². The Kier molecular flexibility index (Phi) is 6.54. The molecular weight excluding hydrogens is 500 g/mol. The van der Waals surface area contributed by atoms with Gasteiger partial charge in [-0.3, -0.25) is 0 Å². The first-order valence-electron chi connectivity index (χ1n) is 14.1. The van der Waals surface area contributed by atoms with Crippen molar-refractivity contribution < 1.29 is 0 Å². The number of fused-ring (bicyclic) bond motifs is 2. The van der Waals surface area contributed by atoms with E-state index in [1.807, 2.05) is 0 Å². The van der Waals surface area contributed by atoms with Crippen LogP contribution in [0.5, 0.6) is 0 Å². The summed E-state index contributed by atoms with van der Waals surface area (Å²) in [5, 5.41) is 6.82. The van der Waals surface area contributed by atoms with E-state index in [1.165, 1.54) is 83.1 Å². The molecule has 2 aliphatic rings. The molecule has 1 heterocycles. The van der Waals surface area contributed by atoms with Gasteiger partial charge in [-0.25, -0.2) is 0 Å². The van der Waals surface area contributed by atoms with Crippen LogP contribution in [0, 0.1) is 33.6 Å². The molecule has 6 rings (SSSR count). The third kappa shape index (κ3) is 4.50. The molecule has 4 aromatic carbocycles. The van der Waals surface area contributed by atoms with Crippen LogP contribution < -0.4 is 10.4 Å². The van der Waals surface area contributed by atoms with Gasteiger partial charge in [0.1, 0.15) is 0 Å². The second kappa shape index (κ2) is 9.93. The van der Waals surface area contributed by atoms with E-state index in [0.29, 0.717) is 0 Å². The van der Waals surface area contributed by atoms with Crippen molar-refractivity contribution in [3.05, 3.63) is 156 Å². The molecule has 0 atom stereocenters. The lowest BCUT2D eigenvalue weighted by molar-refractivity contribution is 0.589. The average Bonchev–Trinajstić information content (AvgIpc) is 3.45. The van der Waals surface area contributed by atoms with E-state index in [2.05, 4.69) is 144 Å². The van der Waals surface area contributed by atoms with Gasteiger partial charge in [0.05, 0.1) is 0 Å². The molecule has 0 bridgehead atoms. The van der Waals surface area contributed by atoms with Crippen LogP contribution in [0.25, 0.3) is 16.9 Å². The van der Waals surface area contributed by atoms with Crippen LogP contribution in [-0.4, -0.2) is 5.37 Å². The van der Waals surface area contributed by atoms with E-state index in [1.54, 1.807) is 11.4 Å². The van der Waals surface area contributed by atoms with Crippen molar-refractivity contribution in [1.29, 1.82) is 0 Å². The zero-order chi connectivity index (χ0) is 28.2. The number of hydrogen-bond acceptors (Lipinski definition) is 0. The third-order valence-corrected chi connectivity index (χ3v) is 8.90. The number of allylic oxidation sites excluding steroid dienone is 1. The van der Waals surface area contributed by atoms with Crippen molar-refractivity contribution in [3.63, 3.8) is 0 Å². The normalized spacial score (nSPS) is 13.9. The summed E-state index contributed by atoms with van der Waals surface area (Å²) in [5.41, 5.74) is 19.5. The highest BCUT2D eigenvalue weighted by Crippen LogP contribution is 2.47. The molecule has 0 saturated heterocycles. The Hall–Kier alpha value is -3.90. The van der Waals surface area contributed by atoms with Crippen LogP contribution >= 0.6 is 0 Å². The SMILES string of the molecule is Cc1cc(C(C)(C)C)cc(C)c1[C-]1c2ccccc2C(=C=c2c(C)cc(=C3C=C[S+]=C3)cc2C)c2ccccc21. The summed E-state index contributed by atoms with van der Waals surface area (Å²) in [6, 6.07) is 27.2. The highest BCUT2D eigenvalue weighted by molar-refractivity contribution is 7.81. The summed E-state index contributed by atoms with van der Waals surface area (Å²) in [6.45, 7) is 15.9. The smallest absolute Gasteiger partial charge is 0.115 e. The molecule has 1 aliphatic carbocycles. The molecular formula is C39H36S. The molecule has 0 unspecified atom stereocenters. The third-order valence-electron chi connectivity index (χ3n) is 8.22. The zero-order valence-corrected chi connectivity index (χ0v) is 25.4. The van der Waals surface area contributed by atoms with Gasteiger partial charge in [-0.15, -0.1) is 5.73 Å². The van der Waals surface area contributed by atoms with Crippen molar-refractivity contribution in [2.45, 2.75) is 53.9 Å². The highest BCUT2D eigenvalue weighted by atomic mass is 32.1. The molecule has 0 saturated carbocycles. The Morgan fingerprint density at radius 3 is 1.75 bits per heavy atom. The van der Waals surface area contributed by atoms with Crippen LogP contribution in [-0.2, 0) is 16.8 Å². The Balaban J connectivity index is 1.65. The largest absolute Gasteiger partial charge is 0.212 e. The molecule has 1 aliphatic heterocycles. The maximum absolute atomic E-state index is 3.94. The minimum Gasteiger partial charge on any atom is -0.115 e. The first kappa shape index (κ1) is 26.3. The number of hydrogen-bond donors (Lipinski definition) is 0. The summed E-state index contributed by atoms with van der Waals surface area (Å²) in [6.07, 6.45) is 2.20. The average molecular weight is 537 g/mol. The molecule has 0 radical (unpaired) electrons. The number of rotatable bonds is 1. The van der Waals surface area contributed by atoms with Crippen LogP contribution in [0.4, 0.5) is 0 Å². The summed E-state index contributed by atoms with van der Waals surface area (Å²) in [7, 11) is 0. The molecule has 198 valence electrons. The maximum atomic E-state index is 3.94.